The van der Waals surface area contributed by atoms with E-state index in [9.17, 15) is 4.79 Å². The zero-order chi connectivity index (χ0) is 11.3. The Morgan fingerprint density at radius 1 is 1.73 bits per heavy atom. The van der Waals surface area contributed by atoms with Gasteiger partial charge in [-0.2, -0.15) is 0 Å². The van der Waals surface area contributed by atoms with Gasteiger partial charge in [-0.1, -0.05) is 11.8 Å². The van der Waals surface area contributed by atoms with Crippen LogP contribution in [0.5, 0.6) is 0 Å². The summed E-state index contributed by atoms with van der Waals surface area (Å²) in [5.41, 5.74) is 0.397. The van der Waals surface area contributed by atoms with Crippen molar-refractivity contribution in [2.24, 2.45) is 0 Å². The number of carbonyl (C=O) groups excluding carboxylic acids is 1. The second-order valence-electron chi connectivity index (χ2n) is 3.01. The standard InChI is InChI=1S/C9H13N3O2S/c1-6(14)3-10-8-7(5-13)4-11-9(12-8)15-2/h4-6,14H,3H2,1-2H3,(H,10,11,12)/t6-/m0/s1. The van der Waals surface area contributed by atoms with E-state index in [0.717, 1.165) is 0 Å². The number of hydrogen-bond acceptors (Lipinski definition) is 6. The third-order valence-electron chi connectivity index (χ3n) is 1.67. The first-order chi connectivity index (χ1) is 7.17. The molecule has 0 radical (unpaired) electrons. The molecule has 2 N–H and O–H groups in total. The van der Waals surface area contributed by atoms with Gasteiger partial charge in [0.05, 0.1) is 11.7 Å². The van der Waals surface area contributed by atoms with E-state index in [1.807, 2.05) is 6.26 Å². The van der Waals surface area contributed by atoms with E-state index in [1.165, 1.54) is 18.0 Å². The van der Waals surface area contributed by atoms with Crippen LogP contribution in [0.2, 0.25) is 0 Å². The smallest absolute Gasteiger partial charge is 0.189 e. The lowest BCUT2D eigenvalue weighted by atomic mass is 10.3. The molecule has 0 saturated carbocycles. The highest BCUT2D eigenvalue weighted by molar-refractivity contribution is 7.98. The number of hydrogen-bond donors (Lipinski definition) is 2. The number of nitrogens with one attached hydrogen (secondary N) is 1. The lowest BCUT2D eigenvalue weighted by Gasteiger charge is -2.09. The van der Waals surface area contributed by atoms with Crippen molar-refractivity contribution in [3.05, 3.63) is 11.8 Å². The maximum absolute atomic E-state index is 10.7. The molecule has 1 rings (SSSR count). The number of aldehydes is 1. The Morgan fingerprint density at radius 2 is 2.47 bits per heavy atom. The molecule has 0 aliphatic heterocycles. The van der Waals surface area contributed by atoms with Crippen molar-refractivity contribution < 1.29 is 9.90 Å². The zero-order valence-electron chi connectivity index (χ0n) is 8.60. The number of thioether (sulfide) groups is 1. The van der Waals surface area contributed by atoms with Crippen LogP contribution in [0, 0.1) is 0 Å². The first-order valence-corrected chi connectivity index (χ1v) is 5.68. The van der Waals surface area contributed by atoms with Crippen molar-refractivity contribution in [2.45, 2.75) is 18.2 Å². The van der Waals surface area contributed by atoms with E-state index in [1.54, 1.807) is 6.92 Å². The minimum atomic E-state index is -0.489. The number of aliphatic hydroxyl groups is 1. The van der Waals surface area contributed by atoms with Crippen LogP contribution in [0.25, 0.3) is 0 Å². The quantitative estimate of drug-likeness (QED) is 0.440. The fourth-order valence-electron chi connectivity index (χ4n) is 0.946. The van der Waals surface area contributed by atoms with Crippen LogP contribution < -0.4 is 5.32 Å². The van der Waals surface area contributed by atoms with Crippen LogP contribution in [-0.2, 0) is 0 Å². The van der Waals surface area contributed by atoms with Crippen molar-refractivity contribution in [1.29, 1.82) is 0 Å². The molecule has 0 aliphatic carbocycles. The number of aliphatic hydroxyl groups excluding tert-OH is 1. The van der Waals surface area contributed by atoms with E-state index >= 15 is 0 Å². The average Bonchev–Trinajstić information content (AvgIpc) is 2.25. The molecular weight excluding hydrogens is 214 g/mol. The molecule has 0 spiro atoms. The summed E-state index contributed by atoms with van der Waals surface area (Å²) in [4.78, 5) is 18.8. The van der Waals surface area contributed by atoms with Crippen LogP contribution in [0.3, 0.4) is 0 Å². The summed E-state index contributed by atoms with van der Waals surface area (Å²) in [6.07, 6.45) is 3.52. The molecule has 1 aromatic rings. The van der Waals surface area contributed by atoms with Crippen LogP contribution in [0.1, 0.15) is 17.3 Å². The van der Waals surface area contributed by atoms with E-state index in [2.05, 4.69) is 15.3 Å². The van der Waals surface area contributed by atoms with Crippen LogP contribution >= 0.6 is 11.8 Å². The van der Waals surface area contributed by atoms with Gasteiger partial charge in [0.25, 0.3) is 0 Å². The lowest BCUT2D eigenvalue weighted by molar-refractivity contribution is 0.112. The topological polar surface area (TPSA) is 75.1 Å². The molecule has 82 valence electrons. The van der Waals surface area contributed by atoms with Gasteiger partial charge in [-0.25, -0.2) is 9.97 Å². The summed E-state index contributed by atoms with van der Waals surface area (Å²) >= 11 is 1.40. The molecule has 1 atom stereocenters. The zero-order valence-corrected chi connectivity index (χ0v) is 9.41. The van der Waals surface area contributed by atoms with Crippen molar-refractivity contribution in [2.75, 3.05) is 18.1 Å². The summed E-state index contributed by atoms with van der Waals surface area (Å²) < 4.78 is 0. The molecule has 15 heavy (non-hydrogen) atoms. The van der Waals surface area contributed by atoms with Gasteiger partial charge in [0.15, 0.2) is 11.4 Å². The minimum absolute atomic E-state index is 0.353. The summed E-state index contributed by atoms with van der Waals surface area (Å²) in [7, 11) is 0. The maximum atomic E-state index is 10.7. The van der Waals surface area contributed by atoms with Gasteiger partial charge in [0.2, 0.25) is 0 Å². The largest absolute Gasteiger partial charge is 0.392 e. The van der Waals surface area contributed by atoms with Crippen molar-refractivity contribution in [3.63, 3.8) is 0 Å². The van der Waals surface area contributed by atoms with E-state index in [0.29, 0.717) is 29.4 Å². The Labute approximate surface area is 92.3 Å². The van der Waals surface area contributed by atoms with Gasteiger partial charge in [-0.15, -0.1) is 0 Å². The second kappa shape index (κ2) is 5.67. The summed E-state index contributed by atoms with van der Waals surface area (Å²) in [6, 6.07) is 0. The fraction of sp³-hybridized carbons (Fsp3) is 0.444. The third kappa shape index (κ3) is 3.49. The van der Waals surface area contributed by atoms with Gasteiger partial charge >= 0.3 is 0 Å². The predicted octanol–water partition coefficient (Wildman–Crippen LogP) is 0.804. The van der Waals surface area contributed by atoms with Crippen molar-refractivity contribution in [1.82, 2.24) is 9.97 Å². The molecule has 6 heteroatoms. The fourth-order valence-corrected chi connectivity index (χ4v) is 1.29. The summed E-state index contributed by atoms with van der Waals surface area (Å²) in [6.45, 7) is 2.01. The Balaban J connectivity index is 2.86. The molecule has 0 bridgehead atoms. The van der Waals surface area contributed by atoms with E-state index < -0.39 is 6.10 Å². The Morgan fingerprint density at radius 3 is 3.00 bits per heavy atom. The SMILES string of the molecule is CSc1ncc(C=O)c(NC[C@H](C)O)n1. The molecule has 5 nitrogen and oxygen atoms in total. The molecule has 0 aliphatic rings. The van der Waals surface area contributed by atoms with Crippen molar-refractivity contribution in [3.8, 4) is 0 Å². The predicted molar refractivity (Wildman–Crippen MR) is 59.4 cm³/mol. The van der Waals surface area contributed by atoms with Gasteiger partial charge in [-0.05, 0) is 13.2 Å². The number of aromatic nitrogens is 2. The summed E-state index contributed by atoms with van der Waals surface area (Å²) in [5, 5.41) is 12.6. The van der Waals surface area contributed by atoms with Crippen LogP contribution in [0.4, 0.5) is 5.82 Å². The maximum Gasteiger partial charge on any atom is 0.189 e. The highest BCUT2D eigenvalue weighted by Crippen LogP contribution is 2.14. The molecule has 0 amide bonds. The first-order valence-electron chi connectivity index (χ1n) is 4.45. The monoisotopic (exact) mass is 227 g/mol. The molecule has 0 unspecified atom stereocenters. The highest BCUT2D eigenvalue weighted by Gasteiger charge is 2.06. The number of rotatable bonds is 5. The molecule has 0 saturated heterocycles. The average molecular weight is 227 g/mol. The summed E-state index contributed by atoms with van der Waals surface area (Å²) in [5.74, 6) is 0.463. The van der Waals surface area contributed by atoms with Gasteiger partial charge < -0.3 is 10.4 Å². The number of carbonyl (C=O) groups is 1. The van der Waals surface area contributed by atoms with E-state index in [4.69, 9.17) is 5.11 Å². The molecular formula is C9H13N3O2S. The third-order valence-corrected chi connectivity index (χ3v) is 2.23. The highest BCUT2D eigenvalue weighted by atomic mass is 32.2. The number of anilines is 1. The minimum Gasteiger partial charge on any atom is -0.392 e. The molecule has 0 aromatic carbocycles. The van der Waals surface area contributed by atoms with Crippen LogP contribution in [-0.4, -0.2) is 40.3 Å². The normalized spacial score (nSPS) is 12.2. The van der Waals surface area contributed by atoms with Gasteiger partial charge in [-0.3, -0.25) is 4.79 Å². The Bertz CT molecular complexity index is 344. The first kappa shape index (κ1) is 11.9. The Hall–Kier alpha value is -1.14. The molecule has 1 heterocycles. The Kier molecular flexibility index (Phi) is 4.51. The molecule has 1 aromatic heterocycles. The molecule has 0 fully saturated rings. The second-order valence-corrected chi connectivity index (χ2v) is 3.78. The van der Waals surface area contributed by atoms with Crippen molar-refractivity contribution >= 4 is 23.9 Å². The van der Waals surface area contributed by atoms with Crippen LogP contribution in [0.15, 0.2) is 11.4 Å². The lowest BCUT2D eigenvalue weighted by Crippen LogP contribution is -2.17. The van der Waals surface area contributed by atoms with Gasteiger partial charge in [0.1, 0.15) is 5.82 Å². The van der Waals surface area contributed by atoms with E-state index in [-0.39, 0.29) is 0 Å². The number of nitrogens with zero attached hydrogens (tertiary/aromatic N) is 2. The van der Waals surface area contributed by atoms with Gasteiger partial charge in [0, 0.05) is 12.7 Å².